The molecule has 1 saturated heterocycles. The number of nitrogens with zero attached hydrogens (tertiary/aromatic N) is 3. The van der Waals surface area contributed by atoms with Crippen molar-refractivity contribution in [2.45, 2.75) is 32.9 Å². The van der Waals surface area contributed by atoms with Crippen molar-refractivity contribution in [3.63, 3.8) is 0 Å². The molecule has 0 saturated carbocycles. The van der Waals surface area contributed by atoms with E-state index >= 15 is 0 Å². The summed E-state index contributed by atoms with van der Waals surface area (Å²) in [6.07, 6.45) is 3.79. The van der Waals surface area contributed by atoms with Crippen molar-refractivity contribution in [1.29, 1.82) is 0 Å². The molecule has 3 N–H and O–H groups in total. The Kier molecular flexibility index (Phi) is 6.67. The van der Waals surface area contributed by atoms with Gasteiger partial charge in [0.1, 0.15) is 11.8 Å². The Morgan fingerprint density at radius 1 is 1.05 bits per heavy atom. The van der Waals surface area contributed by atoms with Gasteiger partial charge in [0.05, 0.1) is 11.7 Å². The van der Waals surface area contributed by atoms with Crippen LogP contribution in [0.5, 0.6) is 5.75 Å². The average Bonchev–Trinajstić information content (AvgIpc) is 3.50. The van der Waals surface area contributed by atoms with Crippen molar-refractivity contribution < 1.29 is 9.90 Å². The fourth-order valence-corrected chi connectivity index (χ4v) is 4.98. The molecule has 0 radical (unpaired) electrons. The quantitative estimate of drug-likeness (QED) is 0.290. The maximum atomic E-state index is 12.3. The highest BCUT2D eigenvalue weighted by atomic mass is 32.1. The molecule has 2 aromatic carbocycles. The van der Waals surface area contributed by atoms with E-state index in [1.165, 1.54) is 0 Å². The first-order valence-electron chi connectivity index (χ1n) is 12.2. The minimum absolute atomic E-state index is 0.0194. The monoisotopic (exact) mass is 511 g/mol. The average molecular weight is 512 g/mol. The summed E-state index contributed by atoms with van der Waals surface area (Å²) in [6.45, 7) is 5.73. The summed E-state index contributed by atoms with van der Waals surface area (Å²) in [4.78, 5) is 19.0. The predicted molar refractivity (Wildman–Crippen MR) is 150 cm³/mol. The summed E-state index contributed by atoms with van der Waals surface area (Å²) >= 11 is 5.88. The van der Waals surface area contributed by atoms with Gasteiger partial charge >= 0.3 is 0 Å². The first kappa shape index (κ1) is 24.5. The lowest BCUT2D eigenvalue weighted by atomic mass is 10.00. The lowest BCUT2D eigenvalue weighted by Crippen LogP contribution is -2.30. The third kappa shape index (κ3) is 4.80. The van der Waals surface area contributed by atoms with Gasteiger partial charge in [-0.05, 0) is 91.4 Å². The number of aryl methyl sites for hydroxylation is 1. The molecular formula is C29H29N5O2S. The van der Waals surface area contributed by atoms with Gasteiger partial charge in [-0.2, -0.15) is 0 Å². The van der Waals surface area contributed by atoms with Gasteiger partial charge in [-0.3, -0.25) is 9.78 Å². The number of nitrogens with one attached hydrogen (secondary N) is 2. The molecule has 4 aromatic rings. The number of hydrogen-bond donors (Lipinski definition) is 3. The highest BCUT2D eigenvalue weighted by molar-refractivity contribution is 7.80. The van der Waals surface area contributed by atoms with E-state index < -0.39 is 0 Å². The minimum atomic E-state index is -0.207. The second-order valence-corrected chi connectivity index (χ2v) is 9.85. The van der Waals surface area contributed by atoms with Crippen LogP contribution in [-0.4, -0.2) is 25.7 Å². The summed E-state index contributed by atoms with van der Waals surface area (Å²) < 4.78 is 2.10. The van der Waals surface area contributed by atoms with Crippen LogP contribution in [0.2, 0.25) is 0 Å². The fourth-order valence-electron chi connectivity index (χ4n) is 4.63. The van der Waals surface area contributed by atoms with Crippen molar-refractivity contribution in [2.75, 3.05) is 10.2 Å². The van der Waals surface area contributed by atoms with Gasteiger partial charge in [0.25, 0.3) is 0 Å². The van der Waals surface area contributed by atoms with Gasteiger partial charge in [0.2, 0.25) is 5.91 Å². The first-order chi connectivity index (χ1) is 17.8. The number of hydrogen-bond acceptors (Lipinski definition) is 4. The van der Waals surface area contributed by atoms with E-state index in [1.807, 2.05) is 81.6 Å². The maximum absolute atomic E-state index is 12.3. The Morgan fingerprint density at radius 3 is 2.49 bits per heavy atom. The molecule has 1 amide bonds. The smallest absolute Gasteiger partial charge is 0.226 e. The number of aromatic nitrogens is 2. The number of amides is 1. The molecule has 0 aliphatic carbocycles. The van der Waals surface area contributed by atoms with Gasteiger partial charge in [-0.15, -0.1) is 0 Å². The van der Waals surface area contributed by atoms with Gasteiger partial charge in [-0.25, -0.2) is 0 Å². The van der Waals surface area contributed by atoms with Crippen molar-refractivity contribution in [1.82, 2.24) is 14.9 Å². The number of anilines is 2. The zero-order chi connectivity index (χ0) is 26.1. The van der Waals surface area contributed by atoms with Gasteiger partial charge < -0.3 is 25.2 Å². The number of phenolic OH excluding ortho intramolecular Hbond substituents is 1. The van der Waals surface area contributed by atoms with E-state index in [9.17, 15) is 9.90 Å². The number of pyridine rings is 1. The molecule has 37 heavy (non-hydrogen) atoms. The number of benzene rings is 2. The normalized spacial score (nSPS) is 17.2. The molecule has 1 fully saturated rings. The number of aromatic hydroxyl groups is 1. The molecule has 2 aromatic heterocycles. The molecule has 8 heteroatoms. The van der Waals surface area contributed by atoms with Crippen molar-refractivity contribution in [3.05, 3.63) is 102 Å². The molecule has 3 heterocycles. The van der Waals surface area contributed by atoms with Crippen LogP contribution in [0.15, 0.2) is 85.2 Å². The van der Waals surface area contributed by atoms with Crippen molar-refractivity contribution in [2.24, 2.45) is 5.92 Å². The zero-order valence-electron chi connectivity index (χ0n) is 20.9. The molecule has 0 spiro atoms. The lowest BCUT2D eigenvalue weighted by molar-refractivity contribution is -0.118. The molecule has 188 valence electrons. The van der Waals surface area contributed by atoms with Gasteiger partial charge in [0.15, 0.2) is 5.11 Å². The minimum Gasteiger partial charge on any atom is -0.508 e. The lowest BCUT2D eigenvalue weighted by Gasteiger charge is -2.29. The van der Waals surface area contributed by atoms with Crippen LogP contribution in [0, 0.1) is 12.8 Å². The Balaban J connectivity index is 1.59. The molecule has 1 aliphatic rings. The Labute approximate surface area is 221 Å². The van der Waals surface area contributed by atoms with Crippen LogP contribution < -0.4 is 15.5 Å². The molecule has 7 nitrogen and oxygen atoms in total. The highest BCUT2D eigenvalue weighted by Crippen LogP contribution is 2.43. The van der Waals surface area contributed by atoms with E-state index in [4.69, 9.17) is 12.2 Å². The van der Waals surface area contributed by atoms with E-state index in [2.05, 4.69) is 31.2 Å². The number of thiocarbonyl (C=S) groups is 1. The fraction of sp³-hybridized carbons (Fsp3) is 0.207. The van der Waals surface area contributed by atoms with Crippen LogP contribution in [-0.2, 0) is 4.79 Å². The Bertz CT molecular complexity index is 1430. The molecule has 2 atom stereocenters. The SMILES string of the molecule is Cc1cc(N2C(=S)N[C@@H](c3ccccn3)[C@H]2c2cccn2-c2ccc(O)cc2)ccc1NC(=O)C(C)C. The standard InChI is InChI=1S/C29H29N5O2S/c1-18(2)28(36)31-23-14-11-21(17-19(23)3)34-27(26(32-29(34)37)24-7-4-5-15-30-24)25-8-6-16-33(25)20-9-12-22(35)13-10-20/h4-18,26-27,35H,1-3H3,(H,31,36)(H,32,37)/t26-,27+/m0/s1. The molecule has 5 rings (SSSR count). The summed E-state index contributed by atoms with van der Waals surface area (Å²) in [5, 5.41) is 16.9. The van der Waals surface area contributed by atoms with Gasteiger partial charge in [-0.1, -0.05) is 19.9 Å². The first-order valence-corrected chi connectivity index (χ1v) is 12.6. The summed E-state index contributed by atoms with van der Waals surface area (Å²) in [6, 6.07) is 22.7. The summed E-state index contributed by atoms with van der Waals surface area (Å²) in [5.41, 5.74) is 5.48. The largest absolute Gasteiger partial charge is 0.508 e. The topological polar surface area (TPSA) is 82.4 Å². The molecule has 1 aliphatic heterocycles. The Hall–Kier alpha value is -4.17. The maximum Gasteiger partial charge on any atom is 0.226 e. The third-order valence-corrected chi connectivity index (χ3v) is 6.89. The van der Waals surface area contributed by atoms with Crippen LogP contribution >= 0.6 is 12.2 Å². The van der Waals surface area contributed by atoms with Gasteiger partial charge in [0, 0.05) is 41.1 Å². The summed E-state index contributed by atoms with van der Waals surface area (Å²) in [5.74, 6) is 0.0916. The van der Waals surface area contributed by atoms with Crippen molar-refractivity contribution in [3.8, 4) is 11.4 Å². The Morgan fingerprint density at radius 2 is 1.81 bits per heavy atom. The number of rotatable bonds is 6. The van der Waals surface area contributed by atoms with E-state index in [0.717, 1.165) is 34.0 Å². The van der Waals surface area contributed by atoms with Crippen LogP contribution in [0.1, 0.15) is 42.9 Å². The zero-order valence-corrected chi connectivity index (χ0v) is 21.7. The van der Waals surface area contributed by atoms with Crippen LogP contribution in [0.3, 0.4) is 0 Å². The number of carbonyl (C=O) groups excluding carboxylic acids is 1. The predicted octanol–water partition coefficient (Wildman–Crippen LogP) is 5.66. The molecular weight excluding hydrogens is 482 g/mol. The van der Waals surface area contributed by atoms with E-state index in [-0.39, 0.29) is 29.7 Å². The number of carbonyl (C=O) groups is 1. The second-order valence-electron chi connectivity index (χ2n) is 9.46. The van der Waals surface area contributed by atoms with Crippen molar-refractivity contribution >= 4 is 34.6 Å². The summed E-state index contributed by atoms with van der Waals surface area (Å²) in [7, 11) is 0. The highest BCUT2D eigenvalue weighted by Gasteiger charge is 2.42. The van der Waals surface area contributed by atoms with E-state index in [0.29, 0.717) is 5.11 Å². The van der Waals surface area contributed by atoms with Crippen LogP contribution in [0.4, 0.5) is 11.4 Å². The molecule has 0 bridgehead atoms. The van der Waals surface area contributed by atoms with E-state index in [1.54, 1.807) is 18.3 Å². The van der Waals surface area contributed by atoms with Crippen LogP contribution in [0.25, 0.3) is 5.69 Å². The number of phenols is 1. The second kappa shape index (κ2) is 10.1. The third-order valence-electron chi connectivity index (χ3n) is 6.58. The molecule has 0 unspecified atom stereocenters.